The molecule has 0 amide bonds. The molecule has 1 heterocycles. The number of rotatable bonds is 7. The highest BCUT2D eigenvalue weighted by Gasteiger charge is 2.29. The van der Waals surface area contributed by atoms with Gasteiger partial charge in [0.2, 0.25) is 5.82 Å². The number of aryl methyl sites for hydroxylation is 2. The second kappa shape index (κ2) is 6.17. The molecule has 0 spiro atoms. The number of anilines is 1. The summed E-state index contributed by atoms with van der Waals surface area (Å²) in [5.41, 5.74) is 0.383. The number of hydrogen-bond donors (Lipinski definition) is 1. The Morgan fingerprint density at radius 2 is 2.16 bits per heavy atom. The van der Waals surface area contributed by atoms with Gasteiger partial charge in [-0.3, -0.25) is 14.9 Å². The van der Waals surface area contributed by atoms with Crippen molar-refractivity contribution in [2.45, 2.75) is 26.7 Å². The minimum Gasteiger partial charge on any atom is -0.481 e. The summed E-state index contributed by atoms with van der Waals surface area (Å²) in [5, 5.41) is 24.0. The number of aliphatic carboxylic acids is 1. The van der Waals surface area contributed by atoms with Crippen LogP contribution in [-0.4, -0.2) is 38.9 Å². The first-order chi connectivity index (χ1) is 8.92. The van der Waals surface area contributed by atoms with Gasteiger partial charge in [-0.05, 0) is 13.3 Å². The van der Waals surface area contributed by atoms with Crippen molar-refractivity contribution in [1.29, 1.82) is 0 Å². The first-order valence-corrected chi connectivity index (χ1v) is 6.09. The van der Waals surface area contributed by atoms with Crippen molar-refractivity contribution in [1.82, 2.24) is 9.78 Å². The fourth-order valence-electron chi connectivity index (χ4n) is 1.98. The van der Waals surface area contributed by atoms with Gasteiger partial charge >= 0.3 is 11.7 Å². The molecule has 1 aromatic rings. The highest BCUT2D eigenvalue weighted by atomic mass is 16.6. The lowest BCUT2D eigenvalue weighted by Crippen LogP contribution is -2.28. The quantitative estimate of drug-likeness (QED) is 0.590. The molecule has 1 aromatic heterocycles. The Hall–Kier alpha value is -2.12. The molecule has 0 atom stereocenters. The first-order valence-electron chi connectivity index (χ1n) is 6.09. The summed E-state index contributed by atoms with van der Waals surface area (Å²) in [6.07, 6.45) is 0.387. The summed E-state index contributed by atoms with van der Waals surface area (Å²) in [5.74, 6) is -0.565. The van der Waals surface area contributed by atoms with Crippen LogP contribution in [0.4, 0.5) is 11.5 Å². The zero-order valence-electron chi connectivity index (χ0n) is 11.3. The maximum atomic E-state index is 11.2. The maximum absolute atomic E-state index is 11.2. The third-order valence-electron chi connectivity index (χ3n) is 2.86. The molecule has 0 aliphatic rings. The highest BCUT2D eigenvalue weighted by molar-refractivity contribution is 5.68. The topological polar surface area (TPSA) is 102 Å². The summed E-state index contributed by atoms with van der Waals surface area (Å²) >= 11 is 0. The largest absolute Gasteiger partial charge is 0.481 e. The molecule has 0 aromatic carbocycles. The molecule has 0 fully saturated rings. The lowest BCUT2D eigenvalue weighted by Gasteiger charge is -2.20. The number of carbonyl (C=O) groups is 1. The second-order valence-electron chi connectivity index (χ2n) is 4.08. The van der Waals surface area contributed by atoms with Gasteiger partial charge in [0.25, 0.3) is 0 Å². The summed E-state index contributed by atoms with van der Waals surface area (Å²) in [7, 11) is 1.63. The van der Waals surface area contributed by atoms with Crippen LogP contribution >= 0.6 is 0 Å². The van der Waals surface area contributed by atoms with Crippen molar-refractivity contribution in [3.05, 3.63) is 15.8 Å². The van der Waals surface area contributed by atoms with E-state index >= 15 is 0 Å². The molecule has 19 heavy (non-hydrogen) atoms. The van der Waals surface area contributed by atoms with Crippen molar-refractivity contribution in [3.8, 4) is 0 Å². The van der Waals surface area contributed by atoms with Crippen molar-refractivity contribution in [2.75, 3.05) is 18.0 Å². The van der Waals surface area contributed by atoms with Crippen molar-refractivity contribution < 1.29 is 14.8 Å². The summed E-state index contributed by atoms with van der Waals surface area (Å²) in [6.45, 7) is 4.32. The fourth-order valence-corrected chi connectivity index (χ4v) is 1.98. The van der Waals surface area contributed by atoms with Crippen LogP contribution in [0.2, 0.25) is 0 Å². The smallest absolute Gasteiger partial charge is 0.334 e. The van der Waals surface area contributed by atoms with E-state index in [1.807, 2.05) is 6.92 Å². The monoisotopic (exact) mass is 270 g/mol. The number of nitrogens with zero attached hydrogens (tertiary/aromatic N) is 4. The Kier molecular flexibility index (Phi) is 4.85. The Bertz CT molecular complexity index is 483. The standard InChI is InChI=1S/C11H18N4O4/c1-4-8-10(15(18)19)11(13(3)12-8)14(5-2)7-6-9(16)17/h4-7H2,1-3H3,(H,16,17). The molecule has 106 valence electrons. The van der Waals surface area contributed by atoms with Crippen LogP contribution in [0.3, 0.4) is 0 Å². The van der Waals surface area contributed by atoms with E-state index in [-0.39, 0.29) is 18.7 Å². The van der Waals surface area contributed by atoms with Gasteiger partial charge < -0.3 is 10.0 Å². The normalized spacial score (nSPS) is 10.5. The molecule has 0 radical (unpaired) electrons. The van der Waals surface area contributed by atoms with E-state index in [0.717, 1.165) is 0 Å². The number of carboxylic acid groups (broad SMARTS) is 1. The van der Waals surface area contributed by atoms with Crippen LogP contribution in [0.1, 0.15) is 26.0 Å². The number of aromatic nitrogens is 2. The Labute approximate surface area is 110 Å². The molecule has 8 heteroatoms. The van der Waals surface area contributed by atoms with Gasteiger partial charge in [-0.15, -0.1) is 0 Å². The van der Waals surface area contributed by atoms with Crippen molar-refractivity contribution in [2.24, 2.45) is 7.05 Å². The second-order valence-corrected chi connectivity index (χ2v) is 4.08. The van der Waals surface area contributed by atoms with E-state index in [0.29, 0.717) is 24.5 Å². The molecule has 0 saturated carbocycles. The molecular weight excluding hydrogens is 252 g/mol. The van der Waals surface area contributed by atoms with Crippen molar-refractivity contribution >= 4 is 17.5 Å². The van der Waals surface area contributed by atoms with Crippen LogP contribution in [0.25, 0.3) is 0 Å². The van der Waals surface area contributed by atoms with Gasteiger partial charge in [-0.1, -0.05) is 6.92 Å². The van der Waals surface area contributed by atoms with Gasteiger partial charge in [0.1, 0.15) is 5.69 Å². The lowest BCUT2D eigenvalue weighted by molar-refractivity contribution is -0.384. The van der Waals surface area contributed by atoms with E-state index in [9.17, 15) is 14.9 Å². The van der Waals surface area contributed by atoms with E-state index in [4.69, 9.17) is 5.11 Å². The van der Waals surface area contributed by atoms with E-state index in [1.54, 1.807) is 18.9 Å². The average Bonchev–Trinajstić information content (AvgIpc) is 2.67. The molecule has 0 aliphatic heterocycles. The lowest BCUT2D eigenvalue weighted by atomic mass is 10.2. The van der Waals surface area contributed by atoms with E-state index < -0.39 is 10.9 Å². The van der Waals surface area contributed by atoms with E-state index in [1.165, 1.54) is 4.68 Å². The van der Waals surface area contributed by atoms with Crippen LogP contribution in [0.5, 0.6) is 0 Å². The fraction of sp³-hybridized carbons (Fsp3) is 0.636. The van der Waals surface area contributed by atoms with Gasteiger partial charge in [0.15, 0.2) is 0 Å². The Morgan fingerprint density at radius 1 is 1.53 bits per heavy atom. The van der Waals surface area contributed by atoms with Gasteiger partial charge in [0, 0.05) is 20.1 Å². The zero-order chi connectivity index (χ0) is 14.6. The van der Waals surface area contributed by atoms with Crippen LogP contribution in [-0.2, 0) is 18.3 Å². The Morgan fingerprint density at radius 3 is 2.58 bits per heavy atom. The maximum Gasteiger partial charge on any atom is 0.334 e. The van der Waals surface area contributed by atoms with Gasteiger partial charge in [-0.25, -0.2) is 4.68 Å². The van der Waals surface area contributed by atoms with Crippen LogP contribution in [0, 0.1) is 10.1 Å². The summed E-state index contributed by atoms with van der Waals surface area (Å²) in [6, 6.07) is 0. The summed E-state index contributed by atoms with van der Waals surface area (Å²) in [4.78, 5) is 23.0. The molecule has 0 aliphatic carbocycles. The molecule has 0 saturated heterocycles. The van der Waals surface area contributed by atoms with Crippen LogP contribution in [0.15, 0.2) is 0 Å². The number of nitro groups is 1. The Balaban J connectivity index is 3.18. The molecule has 8 nitrogen and oxygen atoms in total. The summed E-state index contributed by atoms with van der Waals surface area (Å²) < 4.78 is 1.45. The van der Waals surface area contributed by atoms with E-state index in [2.05, 4.69) is 5.10 Å². The third kappa shape index (κ3) is 3.21. The van der Waals surface area contributed by atoms with Crippen LogP contribution < -0.4 is 4.90 Å². The zero-order valence-corrected chi connectivity index (χ0v) is 11.3. The first kappa shape index (κ1) is 14.9. The number of carboxylic acids is 1. The van der Waals surface area contributed by atoms with Gasteiger partial charge in [0.05, 0.1) is 11.3 Å². The average molecular weight is 270 g/mol. The predicted octanol–water partition coefficient (Wildman–Crippen LogP) is 1.19. The van der Waals surface area contributed by atoms with Gasteiger partial charge in [-0.2, -0.15) is 5.10 Å². The third-order valence-corrected chi connectivity index (χ3v) is 2.86. The minimum atomic E-state index is -0.931. The SMILES string of the molecule is CCc1nn(C)c(N(CC)CCC(=O)O)c1[N+](=O)[O-]. The van der Waals surface area contributed by atoms with Crippen molar-refractivity contribution in [3.63, 3.8) is 0 Å². The molecule has 0 bridgehead atoms. The molecule has 1 N–H and O–H groups in total. The highest BCUT2D eigenvalue weighted by Crippen LogP contribution is 2.31. The molecule has 0 unspecified atom stereocenters. The molecular formula is C11H18N4O4. The predicted molar refractivity (Wildman–Crippen MR) is 69.4 cm³/mol. The minimum absolute atomic E-state index is 0.0303. The number of hydrogen-bond acceptors (Lipinski definition) is 5. The molecule has 1 rings (SSSR count).